The van der Waals surface area contributed by atoms with Crippen LogP contribution in [-0.2, 0) is 9.53 Å². The lowest BCUT2D eigenvalue weighted by Crippen LogP contribution is -2.55. The second-order valence-corrected chi connectivity index (χ2v) is 6.18. The molecule has 0 bridgehead atoms. The normalized spacial score (nSPS) is 27.0. The van der Waals surface area contributed by atoms with E-state index in [1.165, 1.54) is 12.8 Å². The molecule has 1 aliphatic carbocycles. The van der Waals surface area contributed by atoms with Gasteiger partial charge < -0.3 is 15.4 Å². The summed E-state index contributed by atoms with van der Waals surface area (Å²) in [6.45, 7) is 3.35. The van der Waals surface area contributed by atoms with Crippen LogP contribution >= 0.6 is 0 Å². The van der Waals surface area contributed by atoms with Crippen LogP contribution in [0, 0.1) is 0 Å². The lowest BCUT2D eigenvalue weighted by molar-refractivity contribution is -0.150. The molecule has 21 heavy (non-hydrogen) atoms. The number of nitrogens with zero attached hydrogens (tertiary/aromatic N) is 1. The zero-order valence-corrected chi connectivity index (χ0v) is 12.6. The van der Waals surface area contributed by atoms with Gasteiger partial charge in [0.25, 0.3) is 0 Å². The minimum Gasteiger partial charge on any atom is -0.399 e. The Morgan fingerprint density at radius 2 is 2.19 bits per heavy atom. The molecule has 4 nitrogen and oxygen atoms in total. The Morgan fingerprint density at radius 3 is 3.00 bits per heavy atom. The first-order valence-corrected chi connectivity index (χ1v) is 7.94. The Labute approximate surface area is 126 Å². The number of carbonyl (C=O) groups excluding carboxylic acids is 1. The topological polar surface area (TPSA) is 55.6 Å². The van der Waals surface area contributed by atoms with E-state index in [2.05, 4.69) is 4.90 Å². The van der Waals surface area contributed by atoms with E-state index in [0.717, 1.165) is 18.4 Å². The van der Waals surface area contributed by atoms with Gasteiger partial charge in [0.05, 0.1) is 24.7 Å². The van der Waals surface area contributed by atoms with Crippen LogP contribution in [0.4, 0.5) is 5.69 Å². The highest BCUT2D eigenvalue weighted by Gasteiger charge is 2.38. The molecule has 1 aromatic carbocycles. The molecule has 1 heterocycles. The predicted octanol–water partition coefficient (Wildman–Crippen LogP) is 2.54. The molecule has 0 spiro atoms. The van der Waals surface area contributed by atoms with Gasteiger partial charge in [0, 0.05) is 12.2 Å². The second kappa shape index (κ2) is 6.06. The van der Waals surface area contributed by atoms with Gasteiger partial charge in [-0.25, -0.2) is 0 Å². The van der Waals surface area contributed by atoms with E-state index in [-0.39, 0.29) is 24.0 Å². The predicted molar refractivity (Wildman–Crippen MR) is 83.0 cm³/mol. The van der Waals surface area contributed by atoms with Crippen molar-refractivity contribution in [2.45, 2.75) is 50.7 Å². The Balaban J connectivity index is 1.77. The van der Waals surface area contributed by atoms with Crippen molar-refractivity contribution in [2.75, 3.05) is 18.9 Å². The Morgan fingerprint density at radius 1 is 1.38 bits per heavy atom. The summed E-state index contributed by atoms with van der Waals surface area (Å²) in [6.07, 6.45) is 4.81. The van der Waals surface area contributed by atoms with Gasteiger partial charge in [-0.2, -0.15) is 0 Å². The summed E-state index contributed by atoms with van der Waals surface area (Å²) in [5.74, 6) is 0.0648. The maximum Gasteiger partial charge on any atom is 0.230 e. The van der Waals surface area contributed by atoms with Gasteiger partial charge in [-0.1, -0.05) is 25.0 Å². The van der Waals surface area contributed by atoms with Crippen molar-refractivity contribution in [1.82, 2.24) is 4.90 Å². The molecule has 1 saturated carbocycles. The van der Waals surface area contributed by atoms with Crippen LogP contribution < -0.4 is 5.73 Å². The van der Waals surface area contributed by atoms with Crippen LogP contribution in [-0.4, -0.2) is 36.1 Å². The van der Waals surface area contributed by atoms with Gasteiger partial charge in [0.15, 0.2) is 0 Å². The third-order valence-electron chi connectivity index (χ3n) is 4.80. The highest BCUT2D eigenvalue weighted by molar-refractivity contribution is 5.84. The van der Waals surface area contributed by atoms with E-state index >= 15 is 0 Å². The number of benzene rings is 1. The van der Waals surface area contributed by atoms with Crippen molar-refractivity contribution >= 4 is 11.6 Å². The fraction of sp³-hybridized carbons (Fsp3) is 0.588. The van der Waals surface area contributed by atoms with Crippen LogP contribution in [0.5, 0.6) is 0 Å². The molecule has 3 rings (SSSR count). The van der Waals surface area contributed by atoms with Crippen LogP contribution in [0.25, 0.3) is 0 Å². The third-order valence-corrected chi connectivity index (χ3v) is 4.80. The monoisotopic (exact) mass is 288 g/mol. The minimum absolute atomic E-state index is 0.144. The van der Waals surface area contributed by atoms with Gasteiger partial charge in [-0.3, -0.25) is 4.79 Å². The summed E-state index contributed by atoms with van der Waals surface area (Å²) in [4.78, 5) is 15.0. The maximum absolute atomic E-state index is 12.9. The molecule has 1 amide bonds. The molecule has 1 aromatic rings. The summed E-state index contributed by atoms with van der Waals surface area (Å²) >= 11 is 0. The Hall–Kier alpha value is -1.55. The zero-order chi connectivity index (χ0) is 14.8. The number of ether oxygens (including phenoxy) is 1. The van der Waals surface area contributed by atoms with Crippen LogP contribution in [0.1, 0.15) is 44.1 Å². The zero-order valence-electron chi connectivity index (χ0n) is 12.6. The number of rotatable bonds is 2. The quantitative estimate of drug-likeness (QED) is 0.851. The molecule has 2 N–H and O–H groups in total. The molecular weight excluding hydrogens is 264 g/mol. The van der Waals surface area contributed by atoms with Gasteiger partial charge in [-0.05, 0) is 37.5 Å². The number of nitrogen functional groups attached to an aromatic ring is 1. The van der Waals surface area contributed by atoms with E-state index in [9.17, 15) is 4.79 Å². The largest absolute Gasteiger partial charge is 0.399 e. The van der Waals surface area contributed by atoms with Crippen molar-refractivity contribution in [3.05, 3.63) is 29.8 Å². The minimum atomic E-state index is -0.144. The lowest BCUT2D eigenvalue weighted by atomic mass is 9.88. The van der Waals surface area contributed by atoms with E-state index in [0.29, 0.717) is 18.8 Å². The molecule has 3 unspecified atom stereocenters. The maximum atomic E-state index is 12.9. The molecular formula is C17H24N2O2. The van der Waals surface area contributed by atoms with Crippen molar-refractivity contribution in [3.8, 4) is 0 Å². The molecule has 4 heteroatoms. The van der Waals surface area contributed by atoms with E-state index in [4.69, 9.17) is 10.5 Å². The Bertz CT molecular complexity index is 515. The highest BCUT2D eigenvalue weighted by atomic mass is 16.5. The summed E-state index contributed by atoms with van der Waals surface area (Å²) in [5, 5.41) is 0. The fourth-order valence-corrected chi connectivity index (χ4v) is 3.59. The molecule has 1 saturated heterocycles. The van der Waals surface area contributed by atoms with Gasteiger partial charge in [0.1, 0.15) is 0 Å². The first-order chi connectivity index (χ1) is 10.2. The molecule has 1 aliphatic heterocycles. The summed E-state index contributed by atoms with van der Waals surface area (Å²) < 4.78 is 5.85. The Kier molecular flexibility index (Phi) is 4.15. The molecule has 3 atom stereocenters. The molecule has 0 radical (unpaired) electrons. The molecule has 2 aliphatic rings. The average molecular weight is 288 g/mol. The van der Waals surface area contributed by atoms with Crippen LogP contribution in [0.3, 0.4) is 0 Å². The van der Waals surface area contributed by atoms with Crippen molar-refractivity contribution in [1.29, 1.82) is 0 Å². The third kappa shape index (κ3) is 2.91. The number of hydrogen-bond acceptors (Lipinski definition) is 3. The first kappa shape index (κ1) is 14.4. The number of fused-ring (bicyclic) bond motifs is 1. The standard InChI is InChI=1S/C17H24N2O2/c1-12(13-5-4-6-14(18)11-13)17(20)19-9-10-21-16-8-3-2-7-15(16)19/h4-6,11-12,15-16H,2-3,7-10,18H2,1H3. The fourth-order valence-electron chi connectivity index (χ4n) is 3.59. The van der Waals surface area contributed by atoms with E-state index < -0.39 is 0 Å². The summed E-state index contributed by atoms with van der Waals surface area (Å²) in [5.41, 5.74) is 7.55. The van der Waals surface area contributed by atoms with Gasteiger partial charge in [-0.15, -0.1) is 0 Å². The van der Waals surface area contributed by atoms with E-state index in [1.54, 1.807) is 0 Å². The molecule has 2 fully saturated rings. The number of anilines is 1. The number of hydrogen-bond donors (Lipinski definition) is 1. The van der Waals surface area contributed by atoms with Crippen molar-refractivity contribution < 1.29 is 9.53 Å². The van der Waals surface area contributed by atoms with Gasteiger partial charge >= 0.3 is 0 Å². The smallest absolute Gasteiger partial charge is 0.230 e. The molecule has 114 valence electrons. The highest BCUT2D eigenvalue weighted by Crippen LogP contribution is 2.31. The number of morpholine rings is 1. The number of carbonyl (C=O) groups is 1. The van der Waals surface area contributed by atoms with Gasteiger partial charge in [0.2, 0.25) is 5.91 Å². The van der Waals surface area contributed by atoms with Crippen molar-refractivity contribution in [2.24, 2.45) is 0 Å². The number of amides is 1. The lowest BCUT2D eigenvalue weighted by Gasteiger charge is -2.44. The van der Waals surface area contributed by atoms with Crippen molar-refractivity contribution in [3.63, 3.8) is 0 Å². The summed E-state index contributed by atoms with van der Waals surface area (Å²) in [7, 11) is 0. The van der Waals surface area contributed by atoms with Crippen LogP contribution in [0.15, 0.2) is 24.3 Å². The second-order valence-electron chi connectivity index (χ2n) is 6.18. The van der Waals surface area contributed by atoms with E-state index in [1.807, 2.05) is 31.2 Å². The number of nitrogens with two attached hydrogens (primary N) is 1. The summed E-state index contributed by atoms with van der Waals surface area (Å²) in [6, 6.07) is 7.92. The SMILES string of the molecule is CC(C(=O)N1CCOC2CCCCC21)c1cccc(N)c1. The first-order valence-electron chi connectivity index (χ1n) is 7.94. The van der Waals surface area contributed by atoms with Crippen LogP contribution in [0.2, 0.25) is 0 Å². The average Bonchev–Trinajstić information content (AvgIpc) is 2.53. The molecule has 0 aromatic heterocycles.